The predicted octanol–water partition coefficient (Wildman–Crippen LogP) is 4.68. The van der Waals surface area contributed by atoms with E-state index in [-0.39, 0.29) is 5.91 Å². The molecular formula is C27H32N4O3. The Morgan fingerprint density at radius 2 is 1.68 bits per heavy atom. The Labute approximate surface area is 201 Å². The van der Waals surface area contributed by atoms with Gasteiger partial charge in [0.15, 0.2) is 17.3 Å². The average molecular weight is 461 g/mol. The van der Waals surface area contributed by atoms with Crippen LogP contribution in [0.4, 0.5) is 5.82 Å². The van der Waals surface area contributed by atoms with Crippen LogP contribution >= 0.6 is 0 Å². The number of carbonyl (C=O) groups is 1. The summed E-state index contributed by atoms with van der Waals surface area (Å²) in [6.07, 6.45) is 2.05. The summed E-state index contributed by atoms with van der Waals surface area (Å²) >= 11 is 0. The number of anilines is 1. The third-order valence-electron chi connectivity index (χ3n) is 5.86. The molecule has 4 rings (SSSR count). The van der Waals surface area contributed by atoms with E-state index < -0.39 is 0 Å². The van der Waals surface area contributed by atoms with Gasteiger partial charge in [0.05, 0.1) is 18.9 Å². The number of amides is 1. The second-order valence-corrected chi connectivity index (χ2v) is 8.22. The summed E-state index contributed by atoms with van der Waals surface area (Å²) in [5.41, 5.74) is 2.52. The molecular weight excluding hydrogens is 428 g/mol. The van der Waals surface area contributed by atoms with Crippen LogP contribution in [0.25, 0.3) is 11.3 Å². The molecule has 2 aromatic carbocycles. The summed E-state index contributed by atoms with van der Waals surface area (Å²) in [7, 11) is 0. The van der Waals surface area contributed by atoms with Gasteiger partial charge in [-0.1, -0.05) is 43.7 Å². The highest BCUT2D eigenvalue weighted by Crippen LogP contribution is 2.29. The molecule has 1 aliphatic rings. The standard InChI is InChI=1S/C27H32N4O3/c1-3-5-19-34-24-13-11-22(20-25(24)33-4-2)27(32)31-17-15-30(16-18-31)26-14-12-23(28-29-26)21-9-7-6-8-10-21/h6-14,20H,3-5,15-19H2,1-2H3. The molecule has 178 valence electrons. The fourth-order valence-electron chi connectivity index (χ4n) is 3.93. The minimum absolute atomic E-state index is 0.00576. The molecule has 7 nitrogen and oxygen atoms in total. The summed E-state index contributed by atoms with van der Waals surface area (Å²) in [6, 6.07) is 19.5. The number of aromatic nitrogens is 2. The molecule has 7 heteroatoms. The molecule has 1 aliphatic heterocycles. The Kier molecular flexibility index (Phi) is 7.96. The third-order valence-corrected chi connectivity index (χ3v) is 5.86. The molecule has 0 atom stereocenters. The number of nitrogens with zero attached hydrogens (tertiary/aromatic N) is 4. The van der Waals surface area contributed by atoms with E-state index >= 15 is 0 Å². The van der Waals surface area contributed by atoms with Crippen molar-refractivity contribution >= 4 is 11.7 Å². The van der Waals surface area contributed by atoms with Crippen molar-refractivity contribution in [3.05, 3.63) is 66.2 Å². The predicted molar refractivity (Wildman–Crippen MR) is 134 cm³/mol. The first-order valence-corrected chi connectivity index (χ1v) is 12.0. The molecule has 1 saturated heterocycles. The number of ether oxygens (including phenoxy) is 2. The van der Waals surface area contributed by atoms with Crippen molar-refractivity contribution in [1.82, 2.24) is 15.1 Å². The number of hydrogen-bond acceptors (Lipinski definition) is 6. The van der Waals surface area contributed by atoms with Gasteiger partial charge in [0.1, 0.15) is 0 Å². The largest absolute Gasteiger partial charge is 0.490 e. The Morgan fingerprint density at radius 3 is 2.35 bits per heavy atom. The lowest BCUT2D eigenvalue weighted by atomic mass is 10.1. The van der Waals surface area contributed by atoms with Crippen molar-refractivity contribution in [3.63, 3.8) is 0 Å². The lowest BCUT2D eigenvalue weighted by Gasteiger charge is -2.35. The second-order valence-electron chi connectivity index (χ2n) is 8.22. The molecule has 0 spiro atoms. The molecule has 1 fully saturated rings. The normalized spacial score (nSPS) is 13.6. The monoisotopic (exact) mass is 460 g/mol. The van der Waals surface area contributed by atoms with Crippen LogP contribution in [0.1, 0.15) is 37.0 Å². The van der Waals surface area contributed by atoms with Crippen molar-refractivity contribution in [2.75, 3.05) is 44.3 Å². The van der Waals surface area contributed by atoms with Gasteiger partial charge in [-0.05, 0) is 43.7 Å². The van der Waals surface area contributed by atoms with E-state index in [1.165, 1.54) is 0 Å². The van der Waals surface area contributed by atoms with Gasteiger partial charge >= 0.3 is 0 Å². The maximum atomic E-state index is 13.2. The number of unbranched alkanes of at least 4 members (excludes halogenated alkanes) is 1. The van der Waals surface area contributed by atoms with Crippen LogP contribution in [0.2, 0.25) is 0 Å². The average Bonchev–Trinajstić information content (AvgIpc) is 2.90. The van der Waals surface area contributed by atoms with E-state index in [2.05, 4.69) is 22.0 Å². The molecule has 3 aromatic rings. The lowest BCUT2D eigenvalue weighted by Crippen LogP contribution is -2.49. The molecule has 0 N–H and O–H groups in total. The molecule has 0 saturated carbocycles. The van der Waals surface area contributed by atoms with Gasteiger partial charge in [0.25, 0.3) is 5.91 Å². The maximum absolute atomic E-state index is 13.2. The number of hydrogen-bond donors (Lipinski definition) is 0. The summed E-state index contributed by atoms with van der Waals surface area (Å²) in [5.74, 6) is 2.15. The molecule has 34 heavy (non-hydrogen) atoms. The van der Waals surface area contributed by atoms with Gasteiger partial charge in [-0.2, -0.15) is 0 Å². The molecule has 0 unspecified atom stereocenters. The van der Waals surface area contributed by atoms with Crippen molar-refractivity contribution in [2.24, 2.45) is 0 Å². The van der Waals surface area contributed by atoms with Crippen LogP contribution in [0, 0.1) is 0 Å². The SMILES string of the molecule is CCCCOc1ccc(C(=O)N2CCN(c3ccc(-c4ccccc4)nn3)CC2)cc1OCC. The van der Waals surface area contributed by atoms with Crippen LogP contribution in [-0.2, 0) is 0 Å². The van der Waals surface area contributed by atoms with Crippen molar-refractivity contribution in [3.8, 4) is 22.8 Å². The van der Waals surface area contributed by atoms with Gasteiger partial charge in [-0.25, -0.2) is 0 Å². The highest BCUT2D eigenvalue weighted by atomic mass is 16.5. The smallest absolute Gasteiger partial charge is 0.254 e. The third kappa shape index (κ3) is 5.65. The minimum Gasteiger partial charge on any atom is -0.490 e. The molecule has 0 bridgehead atoms. The second kappa shape index (κ2) is 11.5. The van der Waals surface area contributed by atoms with E-state index in [9.17, 15) is 4.79 Å². The van der Waals surface area contributed by atoms with E-state index in [0.717, 1.165) is 29.9 Å². The molecule has 1 amide bonds. The summed E-state index contributed by atoms with van der Waals surface area (Å²) in [5, 5.41) is 8.81. The molecule has 0 radical (unpaired) electrons. The quantitative estimate of drug-likeness (QED) is 0.432. The minimum atomic E-state index is 0.00576. The molecule has 1 aromatic heterocycles. The summed E-state index contributed by atoms with van der Waals surface area (Å²) < 4.78 is 11.6. The van der Waals surface area contributed by atoms with Crippen molar-refractivity contribution in [1.29, 1.82) is 0 Å². The zero-order valence-corrected chi connectivity index (χ0v) is 19.9. The van der Waals surface area contributed by atoms with Crippen LogP contribution in [0.5, 0.6) is 11.5 Å². The fraction of sp³-hybridized carbons (Fsp3) is 0.370. The number of carbonyl (C=O) groups excluding carboxylic acids is 1. The number of rotatable bonds is 9. The van der Waals surface area contributed by atoms with Crippen LogP contribution in [-0.4, -0.2) is 60.4 Å². The van der Waals surface area contributed by atoms with Crippen molar-refractivity contribution in [2.45, 2.75) is 26.7 Å². The zero-order valence-electron chi connectivity index (χ0n) is 19.9. The first-order chi connectivity index (χ1) is 16.7. The summed E-state index contributed by atoms with van der Waals surface area (Å²) in [4.78, 5) is 17.2. The zero-order chi connectivity index (χ0) is 23.8. The van der Waals surface area contributed by atoms with Gasteiger partial charge in [0.2, 0.25) is 0 Å². The van der Waals surface area contributed by atoms with Crippen LogP contribution < -0.4 is 14.4 Å². The first-order valence-electron chi connectivity index (χ1n) is 12.0. The summed E-state index contributed by atoms with van der Waals surface area (Å²) in [6.45, 7) is 7.88. The number of benzene rings is 2. The van der Waals surface area contributed by atoms with Gasteiger partial charge in [-0.3, -0.25) is 4.79 Å². The van der Waals surface area contributed by atoms with Crippen molar-refractivity contribution < 1.29 is 14.3 Å². The highest BCUT2D eigenvalue weighted by molar-refractivity contribution is 5.95. The van der Waals surface area contributed by atoms with E-state index in [1.54, 1.807) is 6.07 Å². The Balaban J connectivity index is 1.37. The molecule has 2 heterocycles. The topological polar surface area (TPSA) is 67.8 Å². The van der Waals surface area contributed by atoms with Gasteiger partial charge in [-0.15, -0.1) is 10.2 Å². The van der Waals surface area contributed by atoms with E-state index in [0.29, 0.717) is 56.5 Å². The maximum Gasteiger partial charge on any atom is 0.254 e. The van der Waals surface area contributed by atoms with Gasteiger partial charge in [0, 0.05) is 37.3 Å². The van der Waals surface area contributed by atoms with E-state index in [4.69, 9.17) is 9.47 Å². The first kappa shape index (κ1) is 23.5. The Morgan fingerprint density at radius 1 is 0.882 bits per heavy atom. The lowest BCUT2D eigenvalue weighted by molar-refractivity contribution is 0.0746. The Hall–Kier alpha value is -3.61. The van der Waals surface area contributed by atoms with E-state index in [1.807, 2.05) is 66.4 Å². The Bertz CT molecular complexity index is 1060. The number of piperazine rings is 1. The fourth-order valence-corrected chi connectivity index (χ4v) is 3.93. The highest BCUT2D eigenvalue weighted by Gasteiger charge is 2.24. The molecule has 0 aliphatic carbocycles. The van der Waals surface area contributed by atoms with Gasteiger partial charge < -0.3 is 19.3 Å². The van der Waals surface area contributed by atoms with Crippen LogP contribution in [0.3, 0.4) is 0 Å². The van der Waals surface area contributed by atoms with Crippen LogP contribution in [0.15, 0.2) is 60.7 Å².